The van der Waals surface area contributed by atoms with Crippen LogP contribution < -0.4 is 0 Å². The third-order valence-corrected chi connectivity index (χ3v) is 5.00. The van der Waals surface area contributed by atoms with Crippen LogP contribution in [0.4, 0.5) is 0 Å². The van der Waals surface area contributed by atoms with Gasteiger partial charge in [0.1, 0.15) is 6.10 Å². The van der Waals surface area contributed by atoms with Gasteiger partial charge in [0.2, 0.25) is 0 Å². The van der Waals surface area contributed by atoms with E-state index in [0.29, 0.717) is 6.42 Å². The van der Waals surface area contributed by atoms with Crippen LogP contribution in [0.5, 0.6) is 0 Å². The Kier molecular flexibility index (Phi) is 19.8. The molecule has 0 aromatic carbocycles. The molecule has 0 spiro atoms. The van der Waals surface area contributed by atoms with E-state index in [1.165, 1.54) is 83.5 Å². The molecule has 0 radical (unpaired) electrons. The van der Waals surface area contributed by atoms with Crippen LogP contribution in [0.3, 0.4) is 0 Å². The highest BCUT2D eigenvalue weighted by Gasteiger charge is 2.11. The van der Waals surface area contributed by atoms with Gasteiger partial charge in [0.15, 0.2) is 0 Å². The number of hydrogen-bond donors (Lipinski definition) is 1. The van der Waals surface area contributed by atoms with Crippen molar-refractivity contribution >= 4 is 17.6 Å². The first kappa shape index (κ1) is 24.7. The summed E-state index contributed by atoms with van der Waals surface area (Å²) in [6.45, 7) is 2.07. The zero-order valence-electron chi connectivity index (χ0n) is 16.4. The van der Waals surface area contributed by atoms with E-state index in [1.807, 2.05) is 0 Å². The van der Waals surface area contributed by atoms with Gasteiger partial charge in [-0.25, -0.2) is 0 Å². The molecule has 1 atom stereocenters. The lowest BCUT2D eigenvalue weighted by Crippen LogP contribution is -2.23. The van der Waals surface area contributed by atoms with Crippen molar-refractivity contribution < 1.29 is 14.6 Å². The molecule has 0 heterocycles. The Morgan fingerprint density at radius 1 is 0.800 bits per heavy atom. The predicted octanol–water partition coefficient (Wildman–Crippen LogP) is 6.39. The van der Waals surface area contributed by atoms with Crippen LogP contribution in [0, 0.1) is 0 Å². The van der Waals surface area contributed by atoms with E-state index >= 15 is 0 Å². The van der Waals surface area contributed by atoms with E-state index in [1.54, 1.807) is 0 Å². The Morgan fingerprint density at radius 2 is 1.20 bits per heavy atom. The van der Waals surface area contributed by atoms with Crippen molar-refractivity contribution in [2.24, 2.45) is 0 Å². The van der Waals surface area contributed by atoms with Crippen molar-refractivity contribution in [3.05, 3.63) is 0 Å². The largest absolute Gasteiger partial charge is 0.459 e. The van der Waals surface area contributed by atoms with Gasteiger partial charge in [0.05, 0.1) is 12.5 Å². The molecule has 150 valence electrons. The number of alkyl halides is 1. The van der Waals surface area contributed by atoms with Gasteiger partial charge in [-0.15, -0.1) is 11.6 Å². The summed E-state index contributed by atoms with van der Waals surface area (Å²) in [4.78, 5) is 11.5. The maximum Gasteiger partial charge on any atom is 0.306 e. The number of ether oxygens (including phenoxy) is 1. The Hall–Kier alpha value is -0.280. The highest BCUT2D eigenvalue weighted by Crippen LogP contribution is 2.14. The quantitative estimate of drug-likeness (QED) is 0.161. The number of aliphatic hydroxyl groups excluding tert-OH is 1. The minimum absolute atomic E-state index is 0.154. The first-order valence-corrected chi connectivity index (χ1v) is 11.1. The van der Waals surface area contributed by atoms with E-state index in [2.05, 4.69) is 6.92 Å². The van der Waals surface area contributed by atoms with Crippen LogP contribution in [0.25, 0.3) is 0 Å². The number of unbranched alkanes of at least 4 members (excludes halogenated alkanes) is 14. The molecule has 4 heteroatoms. The molecule has 1 N–H and O–H groups in total. The third-order valence-electron chi connectivity index (χ3n) is 4.66. The number of hydrogen-bond acceptors (Lipinski definition) is 3. The van der Waals surface area contributed by atoms with Crippen molar-refractivity contribution in [3.8, 4) is 0 Å². The maximum atomic E-state index is 11.5. The SMILES string of the molecule is CCCCCCCCCCCCCCCCCC(=O)OC(CO)CCl. The molecule has 0 aromatic heterocycles. The molecule has 0 aromatic rings. The summed E-state index contributed by atoms with van der Waals surface area (Å²) in [6, 6.07) is 0. The summed E-state index contributed by atoms with van der Waals surface area (Å²) in [5.41, 5.74) is 0. The smallest absolute Gasteiger partial charge is 0.306 e. The molecule has 0 fully saturated rings. The average Bonchev–Trinajstić information content (AvgIpc) is 2.62. The molecule has 1 unspecified atom stereocenters. The van der Waals surface area contributed by atoms with E-state index in [-0.39, 0.29) is 18.5 Å². The van der Waals surface area contributed by atoms with E-state index in [9.17, 15) is 4.79 Å². The highest BCUT2D eigenvalue weighted by molar-refractivity contribution is 6.18. The topological polar surface area (TPSA) is 46.5 Å². The van der Waals surface area contributed by atoms with Crippen LogP contribution in [-0.2, 0) is 9.53 Å². The van der Waals surface area contributed by atoms with Crippen molar-refractivity contribution in [2.45, 2.75) is 116 Å². The molecule has 0 aliphatic carbocycles. The van der Waals surface area contributed by atoms with E-state index in [0.717, 1.165) is 12.8 Å². The minimum Gasteiger partial charge on any atom is -0.459 e. The van der Waals surface area contributed by atoms with Crippen LogP contribution >= 0.6 is 11.6 Å². The molecule has 0 rings (SSSR count). The molecule has 0 saturated heterocycles. The summed E-state index contributed by atoms with van der Waals surface area (Å²) in [6.07, 6.45) is 19.6. The van der Waals surface area contributed by atoms with Gasteiger partial charge in [-0.1, -0.05) is 96.8 Å². The van der Waals surface area contributed by atoms with Crippen molar-refractivity contribution in [1.29, 1.82) is 0 Å². The lowest BCUT2D eigenvalue weighted by atomic mass is 10.0. The van der Waals surface area contributed by atoms with E-state index in [4.69, 9.17) is 21.4 Å². The summed E-state index contributed by atoms with van der Waals surface area (Å²) in [7, 11) is 0. The van der Waals surface area contributed by atoms with Gasteiger partial charge in [0, 0.05) is 6.42 Å². The monoisotopic (exact) mass is 376 g/mol. The predicted molar refractivity (Wildman–Crippen MR) is 107 cm³/mol. The first-order valence-electron chi connectivity index (χ1n) is 10.6. The molecular weight excluding hydrogens is 336 g/mol. The lowest BCUT2D eigenvalue weighted by Gasteiger charge is -2.12. The normalized spacial score (nSPS) is 12.3. The molecule has 0 saturated carbocycles. The number of carbonyl (C=O) groups is 1. The third kappa shape index (κ3) is 18.3. The van der Waals surface area contributed by atoms with Crippen molar-refractivity contribution in [2.75, 3.05) is 12.5 Å². The second-order valence-electron chi connectivity index (χ2n) is 7.15. The fourth-order valence-electron chi connectivity index (χ4n) is 3.00. The van der Waals surface area contributed by atoms with Crippen LogP contribution in [-0.4, -0.2) is 29.7 Å². The summed E-state index contributed by atoms with van der Waals surface area (Å²) >= 11 is 5.57. The molecule has 25 heavy (non-hydrogen) atoms. The van der Waals surface area contributed by atoms with Gasteiger partial charge in [-0.05, 0) is 6.42 Å². The number of aliphatic hydroxyl groups is 1. The zero-order valence-corrected chi connectivity index (χ0v) is 17.2. The van der Waals surface area contributed by atoms with Gasteiger partial charge in [-0.2, -0.15) is 0 Å². The molecule has 0 aliphatic rings. The first-order chi connectivity index (χ1) is 12.2. The molecule has 0 aliphatic heterocycles. The van der Waals surface area contributed by atoms with Gasteiger partial charge >= 0.3 is 5.97 Å². The lowest BCUT2D eigenvalue weighted by molar-refractivity contribution is -0.149. The Bertz CT molecular complexity index is 280. The Labute approximate surface area is 160 Å². The fourth-order valence-corrected chi connectivity index (χ4v) is 3.16. The Balaban J connectivity index is 3.17. The summed E-state index contributed by atoms with van der Waals surface area (Å²) in [5, 5.41) is 8.92. The van der Waals surface area contributed by atoms with Crippen LogP contribution in [0.1, 0.15) is 110 Å². The zero-order chi connectivity index (χ0) is 18.6. The summed E-state index contributed by atoms with van der Waals surface area (Å²) in [5.74, 6) is -0.0874. The van der Waals surface area contributed by atoms with Crippen molar-refractivity contribution in [3.63, 3.8) is 0 Å². The Morgan fingerprint density at radius 3 is 1.56 bits per heavy atom. The minimum atomic E-state index is -0.550. The maximum absolute atomic E-state index is 11.5. The van der Waals surface area contributed by atoms with Gasteiger partial charge in [0.25, 0.3) is 0 Å². The number of rotatable bonds is 19. The summed E-state index contributed by atoms with van der Waals surface area (Å²) < 4.78 is 5.05. The van der Waals surface area contributed by atoms with Crippen LogP contribution in [0.2, 0.25) is 0 Å². The van der Waals surface area contributed by atoms with Crippen molar-refractivity contribution in [1.82, 2.24) is 0 Å². The van der Waals surface area contributed by atoms with Gasteiger partial charge in [-0.3, -0.25) is 4.79 Å². The molecular formula is C21H41ClO3. The number of halogens is 1. The second-order valence-corrected chi connectivity index (χ2v) is 7.46. The standard InChI is InChI=1S/C21H41ClO3/c1-2-3-4-5-6-7-8-9-10-11-12-13-14-15-16-17-21(24)25-20(18-22)19-23/h20,23H,2-19H2,1H3. The van der Waals surface area contributed by atoms with E-state index < -0.39 is 6.10 Å². The second kappa shape index (κ2) is 20.0. The number of carbonyl (C=O) groups excluding carboxylic acids is 1. The molecule has 3 nitrogen and oxygen atoms in total. The molecule has 0 amide bonds. The molecule has 0 bridgehead atoms. The fraction of sp³-hybridized carbons (Fsp3) is 0.952. The van der Waals surface area contributed by atoms with Gasteiger partial charge < -0.3 is 9.84 Å². The average molecular weight is 377 g/mol. The number of esters is 1. The highest BCUT2D eigenvalue weighted by atomic mass is 35.5. The van der Waals surface area contributed by atoms with Crippen LogP contribution in [0.15, 0.2) is 0 Å².